The molecule has 0 aliphatic rings. The lowest BCUT2D eigenvalue weighted by Crippen LogP contribution is -2.33. The Kier molecular flexibility index (Phi) is 5.37. The average molecular weight is 228 g/mol. The van der Waals surface area contributed by atoms with E-state index < -0.39 is 6.10 Å². The zero-order chi connectivity index (χ0) is 12.0. The number of aliphatic hydroxyl groups is 1. The van der Waals surface area contributed by atoms with Gasteiger partial charge in [0, 0.05) is 20.2 Å². The third-order valence-electron chi connectivity index (χ3n) is 2.31. The molecule has 1 aromatic heterocycles. The molecule has 2 unspecified atom stereocenters. The van der Waals surface area contributed by atoms with Crippen molar-refractivity contribution in [1.82, 2.24) is 20.1 Å². The average Bonchev–Trinajstić information content (AvgIpc) is 2.69. The van der Waals surface area contributed by atoms with E-state index in [0.29, 0.717) is 19.8 Å². The molecule has 2 atom stereocenters. The van der Waals surface area contributed by atoms with Crippen LogP contribution in [0, 0.1) is 0 Å². The zero-order valence-electron chi connectivity index (χ0n) is 10.1. The van der Waals surface area contributed by atoms with Crippen molar-refractivity contribution < 1.29 is 9.84 Å². The Morgan fingerprint density at radius 1 is 1.62 bits per heavy atom. The summed E-state index contributed by atoms with van der Waals surface area (Å²) in [4.78, 5) is 0. The minimum absolute atomic E-state index is 0.0591. The van der Waals surface area contributed by atoms with Gasteiger partial charge in [-0.2, -0.15) is 0 Å². The van der Waals surface area contributed by atoms with Gasteiger partial charge in [-0.1, -0.05) is 0 Å². The van der Waals surface area contributed by atoms with E-state index in [0.717, 1.165) is 5.82 Å². The molecule has 0 aromatic carbocycles. The van der Waals surface area contributed by atoms with Gasteiger partial charge in [0.2, 0.25) is 0 Å². The second-order valence-corrected chi connectivity index (χ2v) is 3.74. The molecular weight excluding hydrogens is 208 g/mol. The highest BCUT2D eigenvalue weighted by atomic mass is 16.5. The quantitative estimate of drug-likeness (QED) is 0.680. The van der Waals surface area contributed by atoms with Crippen LogP contribution in [-0.4, -0.2) is 45.7 Å². The van der Waals surface area contributed by atoms with Crippen molar-refractivity contribution in [3.05, 3.63) is 12.2 Å². The Labute approximate surface area is 95.6 Å². The van der Waals surface area contributed by atoms with Crippen LogP contribution in [0.2, 0.25) is 0 Å². The molecule has 0 fully saturated rings. The molecule has 0 spiro atoms. The molecule has 1 heterocycles. The van der Waals surface area contributed by atoms with Gasteiger partial charge in [-0.05, 0) is 13.8 Å². The van der Waals surface area contributed by atoms with Gasteiger partial charge in [-0.3, -0.25) is 0 Å². The largest absolute Gasteiger partial charge is 0.389 e. The maximum absolute atomic E-state index is 9.57. The van der Waals surface area contributed by atoms with E-state index in [9.17, 15) is 5.11 Å². The van der Waals surface area contributed by atoms with Crippen LogP contribution in [-0.2, 0) is 11.8 Å². The van der Waals surface area contributed by atoms with E-state index in [1.165, 1.54) is 0 Å². The second kappa shape index (κ2) is 6.57. The molecule has 92 valence electrons. The number of aromatic nitrogens is 3. The first kappa shape index (κ1) is 13.1. The van der Waals surface area contributed by atoms with E-state index in [1.807, 2.05) is 25.5 Å². The first-order valence-electron chi connectivity index (χ1n) is 5.48. The van der Waals surface area contributed by atoms with Gasteiger partial charge in [0.15, 0.2) is 0 Å². The molecule has 2 N–H and O–H groups in total. The Morgan fingerprint density at radius 3 is 2.94 bits per heavy atom. The zero-order valence-corrected chi connectivity index (χ0v) is 10.1. The first-order valence-corrected chi connectivity index (χ1v) is 5.48. The minimum Gasteiger partial charge on any atom is -0.389 e. The van der Waals surface area contributed by atoms with Crippen molar-refractivity contribution in [3.63, 3.8) is 0 Å². The summed E-state index contributed by atoms with van der Waals surface area (Å²) in [6.45, 7) is 5.35. The molecule has 0 saturated heterocycles. The lowest BCUT2D eigenvalue weighted by molar-refractivity contribution is 0.0415. The monoisotopic (exact) mass is 228 g/mol. The van der Waals surface area contributed by atoms with Crippen molar-refractivity contribution in [1.29, 1.82) is 0 Å². The number of hydrogen-bond acceptors (Lipinski definition) is 5. The minimum atomic E-state index is -0.490. The van der Waals surface area contributed by atoms with Crippen LogP contribution in [0.4, 0.5) is 0 Å². The van der Waals surface area contributed by atoms with Crippen LogP contribution in [0.15, 0.2) is 6.33 Å². The van der Waals surface area contributed by atoms with Crippen molar-refractivity contribution in [2.24, 2.45) is 7.05 Å². The topological polar surface area (TPSA) is 72.2 Å². The molecule has 6 heteroatoms. The number of rotatable bonds is 7. The molecule has 0 saturated carbocycles. The van der Waals surface area contributed by atoms with Gasteiger partial charge in [-0.25, -0.2) is 0 Å². The molecule has 1 aromatic rings. The third kappa shape index (κ3) is 3.88. The fourth-order valence-electron chi connectivity index (χ4n) is 1.40. The van der Waals surface area contributed by atoms with E-state index in [2.05, 4.69) is 15.5 Å². The summed E-state index contributed by atoms with van der Waals surface area (Å²) < 4.78 is 6.97. The van der Waals surface area contributed by atoms with Gasteiger partial charge in [0.25, 0.3) is 0 Å². The molecule has 0 bridgehead atoms. The highest BCUT2D eigenvalue weighted by molar-refractivity contribution is 4.92. The number of aryl methyl sites for hydroxylation is 1. The third-order valence-corrected chi connectivity index (χ3v) is 2.31. The summed E-state index contributed by atoms with van der Waals surface area (Å²) in [5.74, 6) is 0.851. The summed E-state index contributed by atoms with van der Waals surface area (Å²) in [5.41, 5.74) is 0. The van der Waals surface area contributed by atoms with E-state index in [4.69, 9.17) is 4.74 Å². The smallest absolute Gasteiger partial charge is 0.149 e. The standard InChI is InChI=1S/C10H20N4O2/c1-4-16-6-9(15)5-11-8(2)10-13-12-7-14(10)3/h7-9,11,15H,4-6H2,1-3H3. The van der Waals surface area contributed by atoms with Crippen molar-refractivity contribution >= 4 is 0 Å². The highest BCUT2D eigenvalue weighted by Crippen LogP contribution is 2.06. The molecule has 0 radical (unpaired) electrons. The van der Waals surface area contributed by atoms with Crippen molar-refractivity contribution in [2.45, 2.75) is 26.0 Å². The van der Waals surface area contributed by atoms with E-state index >= 15 is 0 Å². The summed E-state index contributed by atoms with van der Waals surface area (Å²) in [6.07, 6.45) is 1.17. The van der Waals surface area contributed by atoms with Crippen LogP contribution in [0.25, 0.3) is 0 Å². The van der Waals surface area contributed by atoms with Crippen LogP contribution >= 0.6 is 0 Å². The van der Waals surface area contributed by atoms with Gasteiger partial charge in [0.1, 0.15) is 12.2 Å². The van der Waals surface area contributed by atoms with Gasteiger partial charge >= 0.3 is 0 Å². The summed E-state index contributed by atoms with van der Waals surface area (Å²) >= 11 is 0. The first-order chi connectivity index (χ1) is 7.65. The highest BCUT2D eigenvalue weighted by Gasteiger charge is 2.12. The Morgan fingerprint density at radius 2 is 2.38 bits per heavy atom. The Bertz CT molecular complexity index is 303. The number of ether oxygens (including phenoxy) is 1. The molecular formula is C10H20N4O2. The second-order valence-electron chi connectivity index (χ2n) is 3.74. The number of hydrogen-bond donors (Lipinski definition) is 2. The Balaban J connectivity index is 2.30. The summed E-state index contributed by atoms with van der Waals surface area (Å²) in [7, 11) is 1.89. The maximum Gasteiger partial charge on any atom is 0.149 e. The van der Waals surface area contributed by atoms with Crippen LogP contribution in [0.3, 0.4) is 0 Å². The Hall–Kier alpha value is -0.980. The lowest BCUT2D eigenvalue weighted by Gasteiger charge is -2.16. The van der Waals surface area contributed by atoms with Crippen LogP contribution in [0.1, 0.15) is 25.7 Å². The maximum atomic E-state index is 9.57. The molecule has 1 rings (SSSR count). The van der Waals surface area contributed by atoms with Crippen LogP contribution < -0.4 is 5.32 Å². The molecule has 16 heavy (non-hydrogen) atoms. The molecule has 0 amide bonds. The van der Waals surface area contributed by atoms with Crippen molar-refractivity contribution in [3.8, 4) is 0 Å². The normalized spacial score (nSPS) is 15.0. The number of nitrogens with zero attached hydrogens (tertiary/aromatic N) is 3. The predicted molar refractivity (Wildman–Crippen MR) is 59.9 cm³/mol. The van der Waals surface area contributed by atoms with Crippen LogP contribution in [0.5, 0.6) is 0 Å². The predicted octanol–water partition coefficient (Wildman–Crippen LogP) is -0.137. The fourth-order valence-corrected chi connectivity index (χ4v) is 1.40. The van der Waals surface area contributed by atoms with Gasteiger partial charge in [0.05, 0.1) is 18.8 Å². The van der Waals surface area contributed by atoms with Gasteiger partial charge < -0.3 is 19.7 Å². The van der Waals surface area contributed by atoms with Crippen molar-refractivity contribution in [2.75, 3.05) is 19.8 Å². The summed E-state index contributed by atoms with van der Waals surface area (Å²) in [5, 5.41) is 20.5. The molecule has 0 aliphatic carbocycles. The van der Waals surface area contributed by atoms with E-state index in [-0.39, 0.29) is 6.04 Å². The van der Waals surface area contributed by atoms with E-state index in [1.54, 1.807) is 6.33 Å². The SMILES string of the molecule is CCOCC(O)CNC(C)c1nncn1C. The van der Waals surface area contributed by atoms with Gasteiger partial charge in [-0.15, -0.1) is 10.2 Å². The number of aliphatic hydroxyl groups excluding tert-OH is 1. The molecule has 6 nitrogen and oxygen atoms in total. The lowest BCUT2D eigenvalue weighted by atomic mass is 10.3. The fraction of sp³-hybridized carbons (Fsp3) is 0.800. The summed E-state index contributed by atoms with van der Waals surface area (Å²) in [6, 6.07) is 0.0591. The molecule has 0 aliphatic heterocycles. The number of nitrogens with one attached hydrogen (secondary N) is 1.